The Morgan fingerprint density at radius 2 is 1.88 bits per heavy atom. The number of halogens is 1. The van der Waals surface area contributed by atoms with Crippen LogP contribution in [0.15, 0.2) is 42.5 Å². The van der Waals surface area contributed by atoms with Crippen molar-refractivity contribution in [3.63, 3.8) is 0 Å². The highest BCUT2D eigenvalue weighted by Gasteiger charge is 2.11. The minimum Gasteiger partial charge on any atom is -0.482 e. The molecule has 3 heteroatoms. The summed E-state index contributed by atoms with van der Waals surface area (Å²) >= 11 is 5.33. The summed E-state index contributed by atoms with van der Waals surface area (Å²) in [7, 11) is 0. The second kappa shape index (κ2) is 4.54. The van der Waals surface area contributed by atoms with Crippen molar-refractivity contribution >= 4 is 27.6 Å². The molecule has 0 aromatic heterocycles. The monoisotopic (exact) mass is 234 g/mol. The Morgan fingerprint density at radius 1 is 1.19 bits per heavy atom. The molecule has 0 amide bonds. The van der Waals surface area contributed by atoms with Crippen LogP contribution < -0.4 is 4.74 Å². The molecule has 0 unspecified atom stereocenters. The first-order valence-electron chi connectivity index (χ1n) is 5.01. The van der Waals surface area contributed by atoms with E-state index in [4.69, 9.17) is 16.3 Å². The molecule has 0 radical (unpaired) electrons. The molecule has 0 fully saturated rings. The molecule has 0 spiro atoms. The van der Waals surface area contributed by atoms with Gasteiger partial charge in [-0.15, -0.1) is 0 Å². The Balaban J connectivity index is 2.29. The van der Waals surface area contributed by atoms with Crippen molar-refractivity contribution in [3.05, 3.63) is 42.5 Å². The van der Waals surface area contributed by atoms with Crippen LogP contribution in [-0.2, 0) is 4.79 Å². The zero-order valence-electron chi connectivity index (χ0n) is 8.81. The lowest BCUT2D eigenvalue weighted by Gasteiger charge is -2.10. The van der Waals surface area contributed by atoms with Crippen molar-refractivity contribution < 1.29 is 9.53 Å². The fourth-order valence-corrected chi connectivity index (χ4v) is 1.54. The van der Waals surface area contributed by atoms with Crippen LogP contribution in [0.4, 0.5) is 0 Å². The van der Waals surface area contributed by atoms with Gasteiger partial charge in [-0.2, -0.15) is 0 Å². The third-order valence-electron chi connectivity index (χ3n) is 2.35. The summed E-state index contributed by atoms with van der Waals surface area (Å²) in [5.74, 6) is 0.653. The first-order valence-corrected chi connectivity index (χ1v) is 5.39. The van der Waals surface area contributed by atoms with Gasteiger partial charge in [0, 0.05) is 0 Å². The third-order valence-corrected chi connectivity index (χ3v) is 2.66. The number of ether oxygens (including phenoxy) is 1. The molecule has 2 nitrogen and oxygen atoms in total. The van der Waals surface area contributed by atoms with Crippen LogP contribution in [0, 0.1) is 0 Å². The quantitative estimate of drug-likeness (QED) is 0.761. The Morgan fingerprint density at radius 3 is 2.56 bits per heavy atom. The van der Waals surface area contributed by atoms with E-state index >= 15 is 0 Å². The normalized spacial score (nSPS) is 12.4. The lowest BCUT2D eigenvalue weighted by molar-refractivity contribution is -0.117. The van der Waals surface area contributed by atoms with Crippen LogP contribution in [0.1, 0.15) is 6.92 Å². The first-order chi connectivity index (χ1) is 7.66. The number of carbonyl (C=O) groups excluding carboxylic acids is 1. The van der Waals surface area contributed by atoms with Gasteiger partial charge in [0.15, 0.2) is 6.10 Å². The molecule has 0 saturated carbocycles. The summed E-state index contributed by atoms with van der Waals surface area (Å²) in [6.45, 7) is 1.63. The van der Waals surface area contributed by atoms with Crippen LogP contribution in [0.3, 0.4) is 0 Å². The molecule has 16 heavy (non-hydrogen) atoms. The predicted molar refractivity (Wildman–Crippen MR) is 64.9 cm³/mol. The molecule has 2 aromatic carbocycles. The fourth-order valence-electron chi connectivity index (χ4n) is 1.49. The summed E-state index contributed by atoms with van der Waals surface area (Å²) in [6.07, 6.45) is -0.622. The molecule has 82 valence electrons. The molecule has 0 bridgehead atoms. The van der Waals surface area contributed by atoms with Gasteiger partial charge < -0.3 is 4.74 Å². The van der Waals surface area contributed by atoms with Gasteiger partial charge in [0.05, 0.1) is 0 Å². The summed E-state index contributed by atoms with van der Waals surface area (Å²) < 4.78 is 5.40. The van der Waals surface area contributed by atoms with Crippen molar-refractivity contribution in [2.24, 2.45) is 0 Å². The highest BCUT2D eigenvalue weighted by Crippen LogP contribution is 2.21. The molecule has 0 N–H and O–H groups in total. The smallest absolute Gasteiger partial charge is 0.262 e. The number of rotatable bonds is 3. The standard InChI is InChI=1S/C13H11ClO2/c1-9(13(14)15)16-12-7-6-10-4-2-3-5-11(10)8-12/h2-9H,1H3/t9-/m0/s1. The molecular weight excluding hydrogens is 224 g/mol. The lowest BCUT2D eigenvalue weighted by atomic mass is 10.1. The van der Waals surface area contributed by atoms with E-state index in [9.17, 15) is 4.79 Å². The Hall–Kier alpha value is -1.54. The molecule has 0 aliphatic rings. The van der Waals surface area contributed by atoms with E-state index in [1.54, 1.807) is 6.92 Å². The topological polar surface area (TPSA) is 26.3 Å². The molecule has 0 saturated heterocycles. The number of hydrogen-bond donors (Lipinski definition) is 0. The maximum absolute atomic E-state index is 10.9. The largest absolute Gasteiger partial charge is 0.482 e. The van der Waals surface area contributed by atoms with E-state index < -0.39 is 11.3 Å². The minimum absolute atomic E-state index is 0.492. The second-order valence-corrected chi connectivity index (χ2v) is 3.95. The maximum Gasteiger partial charge on any atom is 0.262 e. The van der Waals surface area contributed by atoms with Crippen LogP contribution >= 0.6 is 11.6 Å². The Kier molecular flexibility index (Phi) is 3.11. The van der Waals surface area contributed by atoms with Crippen LogP contribution in [-0.4, -0.2) is 11.3 Å². The minimum atomic E-state index is -0.622. The molecule has 0 heterocycles. The molecule has 1 atom stereocenters. The van der Waals surface area contributed by atoms with E-state index in [0.29, 0.717) is 5.75 Å². The summed E-state index contributed by atoms with van der Waals surface area (Å²) in [4.78, 5) is 10.9. The van der Waals surface area contributed by atoms with E-state index in [0.717, 1.165) is 10.8 Å². The molecule has 0 aliphatic carbocycles. The van der Waals surface area contributed by atoms with Gasteiger partial charge in [0.2, 0.25) is 0 Å². The molecule has 2 rings (SSSR count). The van der Waals surface area contributed by atoms with Crippen molar-refractivity contribution in [1.82, 2.24) is 0 Å². The maximum atomic E-state index is 10.9. The van der Waals surface area contributed by atoms with Crippen molar-refractivity contribution in [1.29, 1.82) is 0 Å². The van der Waals surface area contributed by atoms with E-state index in [-0.39, 0.29) is 0 Å². The SMILES string of the molecule is C[C@H](Oc1ccc2ccccc2c1)C(=O)Cl. The van der Waals surface area contributed by atoms with Gasteiger partial charge in [0.1, 0.15) is 5.75 Å². The zero-order valence-corrected chi connectivity index (χ0v) is 9.57. The molecule has 0 aliphatic heterocycles. The molecular formula is C13H11ClO2. The second-order valence-electron chi connectivity index (χ2n) is 3.57. The summed E-state index contributed by atoms with van der Waals surface area (Å²) in [5, 5.41) is 1.72. The molecule has 2 aromatic rings. The fraction of sp³-hybridized carbons (Fsp3) is 0.154. The van der Waals surface area contributed by atoms with Crippen LogP contribution in [0.5, 0.6) is 5.75 Å². The van der Waals surface area contributed by atoms with Gasteiger partial charge in [-0.25, -0.2) is 0 Å². The summed E-state index contributed by atoms with van der Waals surface area (Å²) in [6, 6.07) is 13.6. The summed E-state index contributed by atoms with van der Waals surface area (Å²) in [5.41, 5.74) is 0. The van der Waals surface area contributed by atoms with Gasteiger partial charge in [-0.05, 0) is 41.4 Å². The average molecular weight is 235 g/mol. The first kappa shape index (κ1) is 11.0. The Labute approximate surface area is 98.8 Å². The van der Waals surface area contributed by atoms with Crippen LogP contribution in [0.25, 0.3) is 10.8 Å². The lowest BCUT2D eigenvalue weighted by Crippen LogP contribution is -2.18. The van der Waals surface area contributed by atoms with Crippen molar-refractivity contribution in [2.75, 3.05) is 0 Å². The van der Waals surface area contributed by atoms with Crippen LogP contribution in [0.2, 0.25) is 0 Å². The van der Waals surface area contributed by atoms with E-state index in [2.05, 4.69) is 0 Å². The highest BCUT2D eigenvalue weighted by atomic mass is 35.5. The Bertz CT molecular complexity index is 522. The van der Waals surface area contributed by atoms with Gasteiger partial charge >= 0.3 is 0 Å². The number of hydrogen-bond acceptors (Lipinski definition) is 2. The van der Waals surface area contributed by atoms with Gasteiger partial charge in [0.25, 0.3) is 5.24 Å². The van der Waals surface area contributed by atoms with Gasteiger partial charge in [-0.3, -0.25) is 4.79 Å². The predicted octanol–water partition coefficient (Wildman–Crippen LogP) is 3.37. The third kappa shape index (κ3) is 2.34. The number of carbonyl (C=O) groups is 1. The van der Waals surface area contributed by atoms with Gasteiger partial charge in [-0.1, -0.05) is 30.3 Å². The van der Waals surface area contributed by atoms with E-state index in [1.807, 2.05) is 42.5 Å². The number of fused-ring (bicyclic) bond motifs is 1. The number of benzene rings is 2. The average Bonchev–Trinajstić information content (AvgIpc) is 2.28. The van der Waals surface area contributed by atoms with Crippen molar-refractivity contribution in [3.8, 4) is 5.75 Å². The van der Waals surface area contributed by atoms with E-state index in [1.165, 1.54) is 0 Å². The zero-order chi connectivity index (χ0) is 11.5. The van der Waals surface area contributed by atoms with Crippen molar-refractivity contribution in [2.45, 2.75) is 13.0 Å². The highest BCUT2D eigenvalue weighted by molar-refractivity contribution is 6.64.